The molecule has 2 nitrogen and oxygen atoms in total. The van der Waals surface area contributed by atoms with Gasteiger partial charge in [0.15, 0.2) is 0 Å². The second-order valence-electron chi connectivity index (χ2n) is 4.05. The molecular weight excluding hydrogens is 231 g/mol. The fourth-order valence-corrected chi connectivity index (χ4v) is 1.98. The number of benzene rings is 1. The highest BCUT2D eigenvalue weighted by atomic mass is 19.4. The van der Waals surface area contributed by atoms with Crippen molar-refractivity contribution in [2.75, 3.05) is 7.11 Å². The van der Waals surface area contributed by atoms with Gasteiger partial charge >= 0.3 is 6.18 Å². The highest BCUT2D eigenvalue weighted by Gasteiger charge is 2.39. The van der Waals surface area contributed by atoms with Crippen LogP contribution in [0.3, 0.4) is 0 Å². The van der Waals surface area contributed by atoms with Crippen LogP contribution in [0.4, 0.5) is 13.2 Å². The molecule has 1 unspecified atom stereocenters. The molecule has 17 heavy (non-hydrogen) atoms. The van der Waals surface area contributed by atoms with Gasteiger partial charge in [0.05, 0.1) is 13.2 Å². The molecule has 0 fully saturated rings. The molecule has 0 bridgehead atoms. The smallest absolute Gasteiger partial charge is 0.433 e. The molecule has 1 aliphatic heterocycles. The predicted molar refractivity (Wildman–Crippen MR) is 58.8 cm³/mol. The Morgan fingerprint density at radius 1 is 1.35 bits per heavy atom. The van der Waals surface area contributed by atoms with Crippen LogP contribution < -0.4 is 4.74 Å². The third-order valence-corrected chi connectivity index (χ3v) is 2.70. The van der Waals surface area contributed by atoms with Gasteiger partial charge in [-0.05, 0) is 37.1 Å². The Balaban J connectivity index is 2.52. The molecule has 0 aliphatic carbocycles. The van der Waals surface area contributed by atoms with Gasteiger partial charge in [0.1, 0.15) is 11.5 Å². The fourth-order valence-electron chi connectivity index (χ4n) is 1.98. The van der Waals surface area contributed by atoms with Gasteiger partial charge in [-0.15, -0.1) is 0 Å². The predicted octanol–water partition coefficient (Wildman–Crippen LogP) is 2.99. The number of halogens is 3. The lowest BCUT2D eigenvalue weighted by molar-refractivity contribution is -0.0586. The zero-order valence-corrected chi connectivity index (χ0v) is 9.51. The SMILES string of the molecule is COc1ccc2c(c1)CC(C)N=C2C(F)(F)F. The molecule has 2 rings (SSSR count). The van der Waals surface area contributed by atoms with Gasteiger partial charge in [0.2, 0.25) is 0 Å². The summed E-state index contributed by atoms with van der Waals surface area (Å²) < 4.78 is 43.5. The van der Waals surface area contributed by atoms with E-state index in [4.69, 9.17) is 4.74 Å². The van der Waals surface area contributed by atoms with E-state index in [1.807, 2.05) is 0 Å². The largest absolute Gasteiger partial charge is 0.497 e. The molecule has 1 heterocycles. The molecule has 1 aromatic carbocycles. The first-order chi connectivity index (χ1) is 7.91. The lowest BCUT2D eigenvalue weighted by Gasteiger charge is -2.23. The summed E-state index contributed by atoms with van der Waals surface area (Å²) >= 11 is 0. The van der Waals surface area contributed by atoms with E-state index in [9.17, 15) is 13.2 Å². The van der Waals surface area contributed by atoms with Crippen LogP contribution in [0, 0.1) is 0 Å². The standard InChI is InChI=1S/C12H12F3NO/c1-7-5-8-6-9(17-2)3-4-10(8)11(16-7)12(13,14)15/h3-4,6-7H,5H2,1-2H3. The van der Waals surface area contributed by atoms with Crippen molar-refractivity contribution in [1.82, 2.24) is 0 Å². The van der Waals surface area contributed by atoms with Gasteiger partial charge in [0.25, 0.3) is 0 Å². The topological polar surface area (TPSA) is 21.6 Å². The molecule has 0 saturated heterocycles. The van der Waals surface area contributed by atoms with E-state index in [1.165, 1.54) is 19.2 Å². The first kappa shape index (κ1) is 12.0. The lowest BCUT2D eigenvalue weighted by atomic mass is 9.93. The van der Waals surface area contributed by atoms with Crippen LogP contribution in [0.15, 0.2) is 23.2 Å². The summed E-state index contributed by atoms with van der Waals surface area (Å²) in [5.41, 5.74) is 0.0180. The molecule has 1 aromatic rings. The highest BCUT2D eigenvalue weighted by Crippen LogP contribution is 2.31. The number of fused-ring (bicyclic) bond motifs is 1. The third kappa shape index (κ3) is 2.28. The highest BCUT2D eigenvalue weighted by molar-refractivity contribution is 6.06. The number of nitrogens with zero attached hydrogens (tertiary/aromatic N) is 1. The maximum atomic E-state index is 12.8. The van der Waals surface area contributed by atoms with E-state index in [2.05, 4.69) is 4.99 Å². The minimum absolute atomic E-state index is 0.163. The average molecular weight is 243 g/mol. The number of hydrogen-bond acceptors (Lipinski definition) is 2. The summed E-state index contributed by atoms with van der Waals surface area (Å²) in [6.07, 6.45) is -3.90. The monoisotopic (exact) mass is 243 g/mol. The van der Waals surface area contributed by atoms with Crippen molar-refractivity contribution in [3.05, 3.63) is 29.3 Å². The first-order valence-corrected chi connectivity index (χ1v) is 5.24. The zero-order chi connectivity index (χ0) is 12.6. The van der Waals surface area contributed by atoms with Crippen molar-refractivity contribution in [2.45, 2.75) is 25.6 Å². The molecule has 0 amide bonds. The molecule has 0 saturated carbocycles. The molecule has 1 atom stereocenters. The maximum Gasteiger partial charge on any atom is 0.433 e. The van der Waals surface area contributed by atoms with Crippen molar-refractivity contribution in [3.8, 4) is 5.75 Å². The number of rotatable bonds is 1. The molecule has 5 heteroatoms. The van der Waals surface area contributed by atoms with Crippen molar-refractivity contribution in [1.29, 1.82) is 0 Å². The van der Waals surface area contributed by atoms with Gasteiger partial charge in [0, 0.05) is 5.56 Å². The summed E-state index contributed by atoms with van der Waals surface area (Å²) in [6.45, 7) is 1.67. The second kappa shape index (κ2) is 4.05. The Hall–Kier alpha value is -1.52. The van der Waals surface area contributed by atoms with Crippen molar-refractivity contribution >= 4 is 5.71 Å². The summed E-state index contributed by atoms with van der Waals surface area (Å²) in [5.74, 6) is 0.569. The summed E-state index contributed by atoms with van der Waals surface area (Å²) in [5, 5.41) is 0. The zero-order valence-electron chi connectivity index (χ0n) is 9.51. The fraction of sp³-hybridized carbons (Fsp3) is 0.417. The molecule has 0 spiro atoms. The Bertz CT molecular complexity index is 465. The lowest BCUT2D eigenvalue weighted by Crippen LogP contribution is -2.30. The Morgan fingerprint density at radius 3 is 2.65 bits per heavy atom. The van der Waals surface area contributed by atoms with Gasteiger partial charge in [-0.3, -0.25) is 4.99 Å². The maximum absolute atomic E-state index is 12.8. The van der Waals surface area contributed by atoms with Gasteiger partial charge in [-0.25, -0.2) is 0 Å². The van der Waals surface area contributed by atoms with Crippen LogP contribution in [0.1, 0.15) is 18.1 Å². The summed E-state index contributed by atoms with van der Waals surface area (Å²) in [7, 11) is 1.49. The van der Waals surface area contributed by atoms with Crippen LogP contribution in [-0.4, -0.2) is 25.0 Å². The molecule has 0 N–H and O–H groups in total. The number of ether oxygens (including phenoxy) is 1. The van der Waals surface area contributed by atoms with E-state index < -0.39 is 11.9 Å². The average Bonchev–Trinajstić information content (AvgIpc) is 2.25. The minimum Gasteiger partial charge on any atom is -0.497 e. The van der Waals surface area contributed by atoms with Crippen LogP contribution >= 0.6 is 0 Å². The van der Waals surface area contributed by atoms with Crippen LogP contribution in [0.5, 0.6) is 5.75 Å². The van der Waals surface area contributed by atoms with Gasteiger partial charge < -0.3 is 4.74 Å². The Morgan fingerprint density at radius 2 is 2.06 bits per heavy atom. The van der Waals surface area contributed by atoms with Gasteiger partial charge in [-0.1, -0.05) is 0 Å². The van der Waals surface area contributed by atoms with Crippen molar-refractivity contribution in [2.24, 2.45) is 4.99 Å². The van der Waals surface area contributed by atoms with E-state index in [1.54, 1.807) is 13.0 Å². The molecule has 0 radical (unpaired) electrons. The summed E-state index contributed by atoms with van der Waals surface area (Å²) in [6, 6.07) is 4.24. The molecule has 0 aromatic heterocycles. The molecule has 92 valence electrons. The number of hydrogen-bond donors (Lipinski definition) is 0. The Labute approximate surface area is 97.1 Å². The van der Waals surface area contributed by atoms with E-state index in [0.29, 0.717) is 17.7 Å². The second-order valence-corrected chi connectivity index (χ2v) is 4.05. The normalized spacial score (nSPS) is 19.6. The van der Waals surface area contributed by atoms with Crippen LogP contribution in [0.2, 0.25) is 0 Å². The van der Waals surface area contributed by atoms with E-state index in [0.717, 1.165) is 0 Å². The number of aliphatic imine (C=N–C) groups is 1. The molecule has 1 aliphatic rings. The first-order valence-electron chi connectivity index (χ1n) is 5.24. The Kier molecular flexibility index (Phi) is 2.85. The van der Waals surface area contributed by atoms with Crippen molar-refractivity contribution < 1.29 is 17.9 Å². The number of methoxy groups -OCH3 is 1. The van der Waals surface area contributed by atoms with E-state index >= 15 is 0 Å². The third-order valence-electron chi connectivity index (χ3n) is 2.70. The molecular formula is C12H12F3NO. The van der Waals surface area contributed by atoms with Gasteiger partial charge in [-0.2, -0.15) is 13.2 Å². The van der Waals surface area contributed by atoms with E-state index in [-0.39, 0.29) is 11.6 Å². The van der Waals surface area contributed by atoms with Crippen LogP contribution in [-0.2, 0) is 6.42 Å². The quantitative estimate of drug-likeness (QED) is 0.743. The van der Waals surface area contributed by atoms with Crippen LogP contribution in [0.25, 0.3) is 0 Å². The number of alkyl halides is 3. The summed E-state index contributed by atoms with van der Waals surface area (Å²) in [4.78, 5) is 3.70. The minimum atomic E-state index is -4.40. The van der Waals surface area contributed by atoms with Crippen molar-refractivity contribution in [3.63, 3.8) is 0 Å².